The van der Waals surface area contributed by atoms with Crippen LogP contribution in [-0.4, -0.2) is 5.11 Å². The average Bonchev–Trinajstić information content (AvgIpc) is 2.74. The fourth-order valence-electron chi connectivity index (χ4n) is 1.26. The highest BCUT2D eigenvalue weighted by Crippen LogP contribution is 2.41. The summed E-state index contributed by atoms with van der Waals surface area (Å²) >= 11 is 0. The molecule has 1 aliphatic rings. The van der Waals surface area contributed by atoms with Crippen molar-refractivity contribution in [3.8, 4) is 5.75 Å². The normalized spacial score (nSPS) is 20.1. The topological polar surface area (TPSA) is 59.4 Å². The van der Waals surface area contributed by atoms with Crippen LogP contribution < -0.4 is 5.73 Å². The Morgan fingerprint density at radius 1 is 1.55 bits per heavy atom. The van der Waals surface area contributed by atoms with Crippen LogP contribution in [0.4, 0.5) is 0 Å². The monoisotopic (exact) mass is 153 g/mol. The SMILES string of the molecule is N[C@H](c1cocc1O)C1CC1. The molecule has 1 aliphatic carbocycles. The summed E-state index contributed by atoms with van der Waals surface area (Å²) in [6.45, 7) is 0. The van der Waals surface area contributed by atoms with Crippen LogP contribution in [0.15, 0.2) is 16.9 Å². The highest BCUT2D eigenvalue weighted by molar-refractivity contribution is 5.30. The molecular formula is C8H11NO2. The Hall–Kier alpha value is -0.960. The minimum atomic E-state index is -0.0336. The van der Waals surface area contributed by atoms with Gasteiger partial charge in [0.1, 0.15) is 6.26 Å². The molecule has 3 nitrogen and oxygen atoms in total. The second-order valence-corrected chi connectivity index (χ2v) is 3.08. The number of rotatable bonds is 2. The summed E-state index contributed by atoms with van der Waals surface area (Å²) < 4.78 is 4.81. The van der Waals surface area contributed by atoms with Gasteiger partial charge in [0.05, 0.1) is 6.26 Å². The summed E-state index contributed by atoms with van der Waals surface area (Å²) in [5, 5.41) is 9.22. The summed E-state index contributed by atoms with van der Waals surface area (Å²) in [6, 6.07) is -0.0336. The second-order valence-electron chi connectivity index (χ2n) is 3.08. The van der Waals surface area contributed by atoms with E-state index in [1.54, 1.807) is 0 Å². The van der Waals surface area contributed by atoms with E-state index in [2.05, 4.69) is 0 Å². The lowest BCUT2D eigenvalue weighted by atomic mass is 10.1. The molecule has 1 heterocycles. The van der Waals surface area contributed by atoms with Gasteiger partial charge in [-0.15, -0.1) is 0 Å². The molecule has 1 atom stereocenters. The molecule has 0 saturated heterocycles. The molecule has 0 bridgehead atoms. The molecule has 11 heavy (non-hydrogen) atoms. The third kappa shape index (κ3) is 1.12. The summed E-state index contributed by atoms with van der Waals surface area (Å²) in [4.78, 5) is 0. The number of nitrogens with two attached hydrogens (primary N) is 1. The fraction of sp³-hybridized carbons (Fsp3) is 0.500. The first kappa shape index (κ1) is 6.73. The molecule has 3 N–H and O–H groups in total. The van der Waals surface area contributed by atoms with Gasteiger partial charge in [0, 0.05) is 11.6 Å². The largest absolute Gasteiger partial charge is 0.504 e. The molecule has 0 aliphatic heterocycles. The minimum absolute atomic E-state index is 0.0336. The molecule has 0 radical (unpaired) electrons. The first-order chi connectivity index (χ1) is 5.29. The Morgan fingerprint density at radius 3 is 2.73 bits per heavy atom. The molecular weight excluding hydrogens is 142 g/mol. The molecule has 60 valence electrons. The van der Waals surface area contributed by atoms with E-state index < -0.39 is 0 Å². The van der Waals surface area contributed by atoms with Gasteiger partial charge in [-0.2, -0.15) is 0 Å². The minimum Gasteiger partial charge on any atom is -0.504 e. The molecule has 1 aromatic rings. The summed E-state index contributed by atoms with van der Waals surface area (Å²) in [6.07, 6.45) is 5.19. The van der Waals surface area contributed by atoms with E-state index in [1.165, 1.54) is 25.4 Å². The smallest absolute Gasteiger partial charge is 0.158 e. The first-order valence-electron chi connectivity index (χ1n) is 3.79. The van der Waals surface area contributed by atoms with Crippen molar-refractivity contribution in [2.24, 2.45) is 11.7 Å². The van der Waals surface area contributed by atoms with Crippen molar-refractivity contribution < 1.29 is 9.52 Å². The summed E-state index contributed by atoms with van der Waals surface area (Å²) in [7, 11) is 0. The van der Waals surface area contributed by atoms with E-state index in [0.29, 0.717) is 5.92 Å². The third-order valence-electron chi connectivity index (χ3n) is 2.16. The second kappa shape index (κ2) is 2.27. The molecule has 1 aromatic heterocycles. The van der Waals surface area contributed by atoms with Crippen molar-refractivity contribution in [3.05, 3.63) is 18.1 Å². The van der Waals surface area contributed by atoms with Crippen LogP contribution >= 0.6 is 0 Å². The number of aromatic hydroxyl groups is 1. The molecule has 0 amide bonds. The van der Waals surface area contributed by atoms with E-state index >= 15 is 0 Å². The van der Waals surface area contributed by atoms with E-state index in [4.69, 9.17) is 10.2 Å². The van der Waals surface area contributed by atoms with Crippen molar-refractivity contribution in [1.82, 2.24) is 0 Å². The maximum atomic E-state index is 9.22. The predicted octanol–water partition coefficient (Wildman–Crippen LogP) is 1.40. The molecule has 0 aromatic carbocycles. The van der Waals surface area contributed by atoms with Crippen LogP contribution in [0.25, 0.3) is 0 Å². The highest BCUT2D eigenvalue weighted by atomic mass is 16.3. The van der Waals surface area contributed by atoms with E-state index in [1.807, 2.05) is 0 Å². The van der Waals surface area contributed by atoms with Gasteiger partial charge < -0.3 is 15.3 Å². The van der Waals surface area contributed by atoms with Crippen molar-refractivity contribution >= 4 is 0 Å². The first-order valence-corrected chi connectivity index (χ1v) is 3.79. The van der Waals surface area contributed by atoms with Crippen molar-refractivity contribution in [3.63, 3.8) is 0 Å². The van der Waals surface area contributed by atoms with Crippen molar-refractivity contribution in [2.75, 3.05) is 0 Å². The van der Waals surface area contributed by atoms with Crippen LogP contribution in [0, 0.1) is 5.92 Å². The van der Waals surface area contributed by atoms with E-state index in [-0.39, 0.29) is 11.8 Å². The Balaban J connectivity index is 2.20. The Labute approximate surface area is 64.8 Å². The lowest BCUT2D eigenvalue weighted by molar-refractivity contribution is 0.449. The maximum Gasteiger partial charge on any atom is 0.158 e. The summed E-state index contributed by atoms with van der Waals surface area (Å²) in [5.41, 5.74) is 6.57. The average molecular weight is 153 g/mol. The van der Waals surface area contributed by atoms with Gasteiger partial charge >= 0.3 is 0 Å². The van der Waals surface area contributed by atoms with Gasteiger partial charge in [-0.05, 0) is 18.8 Å². The zero-order chi connectivity index (χ0) is 7.84. The molecule has 3 heteroatoms. The van der Waals surface area contributed by atoms with Crippen LogP contribution in [0.5, 0.6) is 5.75 Å². The molecule has 0 spiro atoms. The van der Waals surface area contributed by atoms with Crippen LogP contribution in [-0.2, 0) is 0 Å². The van der Waals surface area contributed by atoms with Crippen molar-refractivity contribution in [2.45, 2.75) is 18.9 Å². The Bertz CT molecular complexity index is 252. The van der Waals surface area contributed by atoms with E-state index in [0.717, 1.165) is 5.56 Å². The van der Waals surface area contributed by atoms with Crippen LogP contribution in [0.3, 0.4) is 0 Å². The quantitative estimate of drug-likeness (QED) is 0.675. The lowest BCUT2D eigenvalue weighted by Crippen LogP contribution is -2.11. The number of furan rings is 1. The Kier molecular flexibility index (Phi) is 1.39. The Morgan fingerprint density at radius 2 is 2.27 bits per heavy atom. The number of hydrogen-bond donors (Lipinski definition) is 2. The predicted molar refractivity (Wildman–Crippen MR) is 40.0 cm³/mol. The zero-order valence-electron chi connectivity index (χ0n) is 6.16. The number of hydrogen-bond acceptors (Lipinski definition) is 3. The molecule has 0 unspecified atom stereocenters. The summed E-state index contributed by atoms with van der Waals surface area (Å²) in [5.74, 6) is 0.739. The zero-order valence-corrected chi connectivity index (χ0v) is 6.16. The van der Waals surface area contributed by atoms with Crippen molar-refractivity contribution in [1.29, 1.82) is 0 Å². The fourth-order valence-corrected chi connectivity index (χ4v) is 1.26. The van der Waals surface area contributed by atoms with Crippen LogP contribution in [0.1, 0.15) is 24.4 Å². The molecule has 1 saturated carbocycles. The maximum absolute atomic E-state index is 9.22. The lowest BCUT2D eigenvalue weighted by Gasteiger charge is -2.06. The van der Waals surface area contributed by atoms with Gasteiger partial charge in [0.15, 0.2) is 5.75 Å². The van der Waals surface area contributed by atoms with Gasteiger partial charge in [-0.25, -0.2) is 0 Å². The van der Waals surface area contributed by atoms with Gasteiger partial charge in [0.25, 0.3) is 0 Å². The van der Waals surface area contributed by atoms with Crippen LogP contribution in [0.2, 0.25) is 0 Å². The van der Waals surface area contributed by atoms with Gasteiger partial charge in [0.2, 0.25) is 0 Å². The van der Waals surface area contributed by atoms with E-state index in [9.17, 15) is 5.11 Å². The highest BCUT2D eigenvalue weighted by Gasteiger charge is 2.31. The van der Waals surface area contributed by atoms with Gasteiger partial charge in [-0.1, -0.05) is 0 Å². The molecule has 1 fully saturated rings. The third-order valence-corrected chi connectivity index (χ3v) is 2.16. The molecule has 2 rings (SSSR count). The van der Waals surface area contributed by atoms with Gasteiger partial charge in [-0.3, -0.25) is 0 Å². The standard InChI is InChI=1S/C8H11NO2/c9-8(5-1-2-5)6-3-11-4-7(6)10/h3-5,8,10H,1-2,9H2/t8-/m0/s1.